The van der Waals surface area contributed by atoms with Gasteiger partial charge >= 0.3 is 0 Å². The van der Waals surface area contributed by atoms with Crippen molar-refractivity contribution < 1.29 is 0 Å². The van der Waals surface area contributed by atoms with Crippen molar-refractivity contribution >= 4 is 0 Å². The molecule has 0 radical (unpaired) electrons. The van der Waals surface area contributed by atoms with E-state index in [2.05, 4.69) is 47.2 Å². The van der Waals surface area contributed by atoms with Crippen molar-refractivity contribution in [2.24, 2.45) is 7.05 Å². The molecule has 84 valence electrons. The number of hydrogen-bond acceptors (Lipinski definition) is 2. The zero-order chi connectivity index (χ0) is 11.4. The van der Waals surface area contributed by atoms with Crippen LogP contribution in [0.3, 0.4) is 0 Å². The summed E-state index contributed by atoms with van der Waals surface area (Å²) in [7, 11) is 2.06. The maximum absolute atomic E-state index is 4.33. The highest BCUT2D eigenvalue weighted by atomic mass is 15.0. The minimum absolute atomic E-state index is 0.274. The summed E-state index contributed by atoms with van der Waals surface area (Å²) in [6.45, 7) is 2.99. The molecule has 0 aliphatic rings. The van der Waals surface area contributed by atoms with Crippen LogP contribution in [0.2, 0.25) is 0 Å². The Kier molecular flexibility index (Phi) is 3.37. The van der Waals surface area contributed by atoms with Gasteiger partial charge in [-0.25, -0.2) is 0 Å². The summed E-state index contributed by atoms with van der Waals surface area (Å²) >= 11 is 0. The standard InChI is InChI=1S/C13H17N3/c1-11(13-7-3-4-8-14-13)15-10-12-6-5-9-16(12)2/h3-9,11,15H,10H2,1-2H3/t11-/m1/s1. The molecule has 2 heterocycles. The van der Waals surface area contributed by atoms with Crippen LogP contribution in [0.4, 0.5) is 0 Å². The van der Waals surface area contributed by atoms with E-state index in [1.165, 1.54) is 5.69 Å². The lowest BCUT2D eigenvalue weighted by Crippen LogP contribution is -2.20. The Bertz CT molecular complexity index is 433. The second-order valence-corrected chi connectivity index (χ2v) is 3.97. The molecule has 0 saturated heterocycles. The second kappa shape index (κ2) is 4.94. The number of hydrogen-bond donors (Lipinski definition) is 1. The van der Waals surface area contributed by atoms with E-state index in [9.17, 15) is 0 Å². The van der Waals surface area contributed by atoms with Crippen molar-refractivity contribution in [1.82, 2.24) is 14.9 Å². The molecule has 0 unspecified atom stereocenters. The number of aryl methyl sites for hydroxylation is 1. The molecular weight excluding hydrogens is 198 g/mol. The van der Waals surface area contributed by atoms with Crippen molar-refractivity contribution in [1.29, 1.82) is 0 Å². The third-order valence-corrected chi connectivity index (χ3v) is 2.77. The lowest BCUT2D eigenvalue weighted by atomic mass is 10.2. The van der Waals surface area contributed by atoms with Gasteiger partial charge in [-0.3, -0.25) is 4.98 Å². The molecule has 2 rings (SSSR count). The van der Waals surface area contributed by atoms with Gasteiger partial charge in [0.05, 0.1) is 5.69 Å². The van der Waals surface area contributed by atoms with Crippen LogP contribution >= 0.6 is 0 Å². The first-order chi connectivity index (χ1) is 7.77. The molecule has 0 saturated carbocycles. The third-order valence-electron chi connectivity index (χ3n) is 2.77. The Morgan fingerprint density at radius 2 is 2.19 bits per heavy atom. The van der Waals surface area contributed by atoms with E-state index in [-0.39, 0.29) is 6.04 Å². The van der Waals surface area contributed by atoms with Crippen molar-refractivity contribution in [2.75, 3.05) is 0 Å². The van der Waals surface area contributed by atoms with Gasteiger partial charge in [-0.15, -0.1) is 0 Å². The Labute approximate surface area is 96.1 Å². The molecule has 0 bridgehead atoms. The first kappa shape index (κ1) is 10.9. The van der Waals surface area contributed by atoms with E-state index >= 15 is 0 Å². The first-order valence-electron chi connectivity index (χ1n) is 5.52. The molecule has 0 amide bonds. The molecule has 16 heavy (non-hydrogen) atoms. The number of pyridine rings is 1. The van der Waals surface area contributed by atoms with Gasteiger partial charge in [0.25, 0.3) is 0 Å². The maximum atomic E-state index is 4.33. The molecule has 1 atom stereocenters. The van der Waals surface area contributed by atoms with Crippen LogP contribution in [0.5, 0.6) is 0 Å². The summed E-state index contributed by atoms with van der Waals surface area (Å²) in [5, 5.41) is 3.46. The van der Waals surface area contributed by atoms with Gasteiger partial charge in [-0.05, 0) is 31.2 Å². The van der Waals surface area contributed by atoms with Gasteiger partial charge in [-0.1, -0.05) is 6.07 Å². The normalized spacial score (nSPS) is 12.6. The first-order valence-corrected chi connectivity index (χ1v) is 5.52. The number of aromatic nitrogens is 2. The van der Waals surface area contributed by atoms with Crippen molar-refractivity contribution in [3.63, 3.8) is 0 Å². The molecular formula is C13H17N3. The van der Waals surface area contributed by atoms with E-state index in [0.717, 1.165) is 12.2 Å². The zero-order valence-electron chi connectivity index (χ0n) is 9.72. The molecule has 0 aliphatic heterocycles. The molecule has 2 aromatic rings. The Balaban J connectivity index is 1.94. The average Bonchev–Trinajstić information content (AvgIpc) is 2.73. The van der Waals surface area contributed by atoms with Crippen molar-refractivity contribution in [3.05, 3.63) is 54.1 Å². The minimum Gasteiger partial charge on any atom is -0.353 e. The molecule has 3 nitrogen and oxygen atoms in total. The van der Waals surface area contributed by atoms with E-state index < -0.39 is 0 Å². The van der Waals surface area contributed by atoms with Crippen LogP contribution in [0, 0.1) is 0 Å². The predicted molar refractivity (Wildman–Crippen MR) is 64.9 cm³/mol. The topological polar surface area (TPSA) is 29.9 Å². The summed E-state index contributed by atoms with van der Waals surface area (Å²) < 4.78 is 2.12. The lowest BCUT2D eigenvalue weighted by Gasteiger charge is -2.13. The number of nitrogens with one attached hydrogen (secondary N) is 1. The SMILES string of the molecule is C[C@@H](NCc1cccn1C)c1ccccn1. The summed E-state index contributed by atoms with van der Waals surface area (Å²) in [6.07, 6.45) is 3.89. The fourth-order valence-corrected chi connectivity index (χ4v) is 1.67. The number of nitrogens with zero attached hydrogens (tertiary/aromatic N) is 2. The van der Waals surface area contributed by atoms with E-state index in [0.29, 0.717) is 0 Å². The summed E-state index contributed by atoms with van der Waals surface area (Å²) in [4.78, 5) is 4.33. The van der Waals surface area contributed by atoms with Gasteiger partial charge in [-0.2, -0.15) is 0 Å². The van der Waals surface area contributed by atoms with E-state index in [1.54, 1.807) is 0 Å². The molecule has 2 aromatic heterocycles. The van der Waals surface area contributed by atoms with Gasteiger partial charge < -0.3 is 9.88 Å². The van der Waals surface area contributed by atoms with Crippen LogP contribution < -0.4 is 5.32 Å². The third kappa shape index (κ3) is 2.49. The van der Waals surface area contributed by atoms with Crippen LogP contribution in [-0.2, 0) is 13.6 Å². The van der Waals surface area contributed by atoms with Crippen molar-refractivity contribution in [3.8, 4) is 0 Å². The number of rotatable bonds is 4. The van der Waals surface area contributed by atoms with Gasteiger partial charge in [0.1, 0.15) is 0 Å². The second-order valence-electron chi connectivity index (χ2n) is 3.97. The molecule has 0 fully saturated rings. The molecule has 1 N–H and O–H groups in total. The fourth-order valence-electron chi connectivity index (χ4n) is 1.67. The van der Waals surface area contributed by atoms with Crippen LogP contribution in [0.15, 0.2) is 42.7 Å². The average molecular weight is 215 g/mol. The molecule has 0 aromatic carbocycles. The zero-order valence-corrected chi connectivity index (χ0v) is 9.72. The Hall–Kier alpha value is -1.61. The quantitative estimate of drug-likeness (QED) is 0.848. The smallest absolute Gasteiger partial charge is 0.0570 e. The highest BCUT2D eigenvalue weighted by Crippen LogP contribution is 2.09. The van der Waals surface area contributed by atoms with Gasteiger partial charge in [0.2, 0.25) is 0 Å². The summed E-state index contributed by atoms with van der Waals surface area (Å²) in [5.41, 5.74) is 2.36. The maximum Gasteiger partial charge on any atom is 0.0570 e. The molecule has 3 heteroatoms. The van der Waals surface area contributed by atoms with Gasteiger partial charge in [0.15, 0.2) is 0 Å². The van der Waals surface area contributed by atoms with Crippen LogP contribution in [-0.4, -0.2) is 9.55 Å². The molecule has 0 spiro atoms. The molecule has 0 aliphatic carbocycles. The van der Waals surface area contributed by atoms with Crippen LogP contribution in [0.1, 0.15) is 24.4 Å². The predicted octanol–water partition coefficient (Wildman–Crippen LogP) is 2.27. The largest absolute Gasteiger partial charge is 0.353 e. The Morgan fingerprint density at radius 1 is 1.31 bits per heavy atom. The Morgan fingerprint density at radius 3 is 2.81 bits per heavy atom. The fraction of sp³-hybridized carbons (Fsp3) is 0.308. The highest BCUT2D eigenvalue weighted by molar-refractivity contribution is 5.10. The van der Waals surface area contributed by atoms with Crippen molar-refractivity contribution in [2.45, 2.75) is 19.5 Å². The van der Waals surface area contributed by atoms with E-state index in [1.807, 2.05) is 24.4 Å². The van der Waals surface area contributed by atoms with E-state index in [4.69, 9.17) is 0 Å². The minimum atomic E-state index is 0.274. The monoisotopic (exact) mass is 215 g/mol. The highest BCUT2D eigenvalue weighted by Gasteiger charge is 2.05. The lowest BCUT2D eigenvalue weighted by molar-refractivity contribution is 0.546. The summed E-state index contributed by atoms with van der Waals surface area (Å²) in [6, 6.07) is 10.5. The van der Waals surface area contributed by atoms with Gasteiger partial charge in [0, 0.05) is 37.7 Å². The summed E-state index contributed by atoms with van der Waals surface area (Å²) in [5.74, 6) is 0. The van der Waals surface area contributed by atoms with Crippen LogP contribution in [0.25, 0.3) is 0 Å².